The van der Waals surface area contributed by atoms with Crippen molar-refractivity contribution in [3.05, 3.63) is 45.5 Å². The number of unbranched alkanes of at least 4 members (excludes halogenated alkanes) is 1. The molecule has 1 aliphatic carbocycles. The van der Waals surface area contributed by atoms with Gasteiger partial charge in [0.25, 0.3) is 0 Å². The Morgan fingerprint density at radius 1 is 1.34 bits per heavy atom. The average molecular weight is 547 g/mol. The first kappa shape index (κ1) is 31.6. The van der Waals surface area contributed by atoms with Gasteiger partial charge in [-0.05, 0) is 62.8 Å². The maximum Gasteiger partial charge on any atom is 0.320 e. The molecule has 1 aromatic carbocycles. The van der Waals surface area contributed by atoms with E-state index in [1.165, 1.54) is 7.11 Å². The van der Waals surface area contributed by atoms with Crippen LogP contribution < -0.4 is 10.5 Å². The molecule has 210 valence electrons. The molecule has 1 aliphatic rings. The second-order valence-electron chi connectivity index (χ2n) is 10.7. The third-order valence-electron chi connectivity index (χ3n) is 8.18. The average Bonchev–Trinajstić information content (AvgIpc) is 2.88. The fourth-order valence-electron chi connectivity index (χ4n) is 4.89. The lowest BCUT2D eigenvalue weighted by Gasteiger charge is -2.42. The number of hydrogen-bond acceptors (Lipinski definition) is 6. The molecule has 0 radical (unpaired) electrons. The van der Waals surface area contributed by atoms with Crippen molar-refractivity contribution < 1.29 is 24.5 Å². The molecule has 1 fully saturated rings. The Bertz CT molecular complexity index is 1110. The van der Waals surface area contributed by atoms with Crippen molar-refractivity contribution in [1.29, 1.82) is 0 Å². The van der Waals surface area contributed by atoms with E-state index in [2.05, 4.69) is 31.0 Å². The monoisotopic (exact) mass is 546 g/mol. The van der Waals surface area contributed by atoms with Crippen LogP contribution in [0, 0.1) is 24.2 Å². The number of aliphatic carboxylic acids is 1. The first-order chi connectivity index (χ1) is 17.8. The number of aliphatic imine (C=N–C) groups is 1. The Balaban J connectivity index is 2.21. The van der Waals surface area contributed by atoms with Gasteiger partial charge in [-0.2, -0.15) is 0 Å². The molecule has 8 heteroatoms. The minimum Gasteiger partial charge on any atom is -0.507 e. The van der Waals surface area contributed by atoms with Gasteiger partial charge < -0.3 is 20.7 Å². The van der Waals surface area contributed by atoms with E-state index in [1.54, 1.807) is 13.1 Å². The van der Waals surface area contributed by atoms with E-state index in [-0.39, 0.29) is 17.1 Å². The Morgan fingerprint density at radius 3 is 2.66 bits per heavy atom. The maximum atomic E-state index is 12.3. The van der Waals surface area contributed by atoms with Crippen molar-refractivity contribution in [2.75, 3.05) is 13.7 Å². The second kappa shape index (κ2) is 13.9. The molecule has 0 spiro atoms. The molecule has 0 aromatic heterocycles. The summed E-state index contributed by atoms with van der Waals surface area (Å²) in [5.74, 6) is 0.207. The van der Waals surface area contributed by atoms with Gasteiger partial charge in [0, 0.05) is 36.2 Å². The number of phenolic OH excluding ortho intramolecular Hbond substituents is 1. The highest BCUT2D eigenvalue weighted by Gasteiger charge is 2.41. The van der Waals surface area contributed by atoms with Gasteiger partial charge in [0.05, 0.1) is 12.1 Å². The van der Waals surface area contributed by atoms with E-state index in [0.29, 0.717) is 77.8 Å². The highest BCUT2D eigenvalue weighted by atomic mass is 35.5. The number of ketones is 1. The number of carbonyl (C=O) groups excluding carboxylic acids is 1. The van der Waals surface area contributed by atoms with Crippen molar-refractivity contribution in [1.82, 2.24) is 0 Å². The highest BCUT2D eigenvalue weighted by molar-refractivity contribution is 6.33. The first-order valence-electron chi connectivity index (χ1n) is 13.3. The van der Waals surface area contributed by atoms with Gasteiger partial charge in [-0.3, -0.25) is 14.6 Å². The van der Waals surface area contributed by atoms with E-state index in [9.17, 15) is 14.7 Å². The van der Waals surface area contributed by atoms with Gasteiger partial charge in [-0.1, -0.05) is 56.2 Å². The van der Waals surface area contributed by atoms with Gasteiger partial charge in [0.2, 0.25) is 0 Å². The van der Waals surface area contributed by atoms with Crippen LogP contribution in [0.3, 0.4) is 0 Å². The minimum atomic E-state index is -1.00. The Hall–Kier alpha value is -2.64. The number of allylic oxidation sites excluding steroid dienone is 4. The summed E-state index contributed by atoms with van der Waals surface area (Å²) in [6.07, 6.45) is 11.5. The van der Waals surface area contributed by atoms with Gasteiger partial charge in [-0.25, -0.2) is 0 Å². The molecule has 2 rings (SSSR count). The summed E-state index contributed by atoms with van der Waals surface area (Å²) in [6, 6.07) is -0.862. The quantitative estimate of drug-likeness (QED) is 0.167. The second-order valence-corrected chi connectivity index (χ2v) is 11.0. The molecule has 0 amide bonds. The number of phenols is 1. The number of carboxylic acid groups (broad SMARTS) is 1. The molecule has 0 bridgehead atoms. The standard InChI is InChI=1S/C30H43ClN2O5/c1-18(14-15-30(5)19(2)11-13-25(34)21(30)4)10-12-22-27(35)23(20(3)26(31)28(22)38-6)17-33-16-8-7-9-24(32)29(36)37/h10,14-15,17,19,21,24,35H,7-9,11-13,16,32H2,1-6H3,(H,36,37)/b15-14+,18-10+,33-17-/t19-,21+,24+,30+/m1/s1. The zero-order chi connectivity index (χ0) is 28.6. The van der Waals surface area contributed by atoms with Crippen molar-refractivity contribution in [2.24, 2.45) is 28.0 Å². The number of carboxylic acids is 1. The third-order valence-corrected chi connectivity index (χ3v) is 8.63. The Morgan fingerprint density at radius 2 is 2.03 bits per heavy atom. The number of Topliss-reactive ketones (excluding diaryl/α,β-unsaturated/α-hetero) is 1. The SMILES string of the molecule is COc1c(Cl)c(C)c(/C=N\CCCC[C@H](N)C(=O)O)c(O)c1C/C=C(C)/C=C/[C@@]1(C)[C@H](C)CCC(=O)[C@@H]1C. The van der Waals surface area contributed by atoms with Crippen LogP contribution in [-0.4, -0.2) is 47.9 Å². The number of methoxy groups -OCH3 is 1. The maximum absolute atomic E-state index is 12.3. The normalized spacial score (nSPS) is 23.4. The summed E-state index contributed by atoms with van der Waals surface area (Å²) in [5.41, 5.74) is 8.12. The van der Waals surface area contributed by atoms with Gasteiger partial charge in [-0.15, -0.1) is 0 Å². The van der Waals surface area contributed by atoms with E-state index in [0.717, 1.165) is 12.0 Å². The lowest BCUT2D eigenvalue weighted by atomic mass is 9.61. The van der Waals surface area contributed by atoms with Crippen molar-refractivity contribution in [2.45, 2.75) is 79.2 Å². The molecule has 1 saturated carbocycles. The number of hydrogen-bond donors (Lipinski definition) is 3. The Kier molecular flexibility index (Phi) is 11.6. The zero-order valence-corrected chi connectivity index (χ0v) is 24.3. The van der Waals surface area contributed by atoms with E-state index in [4.69, 9.17) is 27.2 Å². The lowest BCUT2D eigenvalue weighted by molar-refractivity contribution is -0.138. The number of benzene rings is 1. The van der Waals surface area contributed by atoms with Gasteiger partial charge in [0.1, 0.15) is 23.3 Å². The fourth-order valence-corrected chi connectivity index (χ4v) is 5.18. The number of aromatic hydroxyl groups is 1. The molecular weight excluding hydrogens is 504 g/mol. The summed E-state index contributed by atoms with van der Waals surface area (Å²) in [4.78, 5) is 27.6. The number of ether oxygens (including phenoxy) is 1. The zero-order valence-electron chi connectivity index (χ0n) is 23.5. The van der Waals surface area contributed by atoms with Crippen LogP contribution in [0.25, 0.3) is 0 Å². The molecule has 0 aliphatic heterocycles. The number of nitrogens with zero attached hydrogens (tertiary/aromatic N) is 1. The van der Waals surface area contributed by atoms with Crippen LogP contribution >= 0.6 is 11.6 Å². The van der Waals surface area contributed by atoms with Crippen LogP contribution in [0.2, 0.25) is 5.02 Å². The number of rotatable bonds is 12. The van der Waals surface area contributed by atoms with Gasteiger partial charge in [0.15, 0.2) is 0 Å². The van der Waals surface area contributed by atoms with Gasteiger partial charge >= 0.3 is 5.97 Å². The lowest BCUT2D eigenvalue weighted by Crippen LogP contribution is -2.40. The molecule has 4 atom stereocenters. The summed E-state index contributed by atoms with van der Waals surface area (Å²) in [6.45, 7) is 10.7. The van der Waals surface area contributed by atoms with E-state index in [1.807, 2.05) is 19.9 Å². The summed E-state index contributed by atoms with van der Waals surface area (Å²) in [7, 11) is 1.53. The van der Waals surface area contributed by atoms with Crippen LogP contribution in [0.5, 0.6) is 11.5 Å². The van der Waals surface area contributed by atoms with Crippen molar-refractivity contribution in [3.63, 3.8) is 0 Å². The fraction of sp³-hybridized carbons (Fsp3) is 0.567. The molecule has 1 aromatic rings. The summed E-state index contributed by atoms with van der Waals surface area (Å²) >= 11 is 6.61. The Labute approximate surface area is 231 Å². The molecular formula is C30H43ClN2O5. The highest BCUT2D eigenvalue weighted by Crippen LogP contribution is 2.45. The first-order valence-corrected chi connectivity index (χ1v) is 13.7. The predicted octanol–water partition coefficient (Wildman–Crippen LogP) is 6.05. The van der Waals surface area contributed by atoms with Crippen molar-refractivity contribution >= 4 is 29.6 Å². The molecule has 0 heterocycles. The van der Waals surface area contributed by atoms with Crippen LogP contribution in [0.4, 0.5) is 0 Å². The van der Waals surface area contributed by atoms with Crippen LogP contribution in [0.15, 0.2) is 28.8 Å². The minimum absolute atomic E-state index is 0.0221. The molecule has 4 N–H and O–H groups in total. The van der Waals surface area contributed by atoms with E-state index < -0.39 is 12.0 Å². The number of carbonyl (C=O) groups is 2. The summed E-state index contributed by atoms with van der Waals surface area (Å²) in [5, 5.41) is 20.4. The van der Waals surface area contributed by atoms with Crippen molar-refractivity contribution in [3.8, 4) is 11.5 Å². The van der Waals surface area contributed by atoms with Crippen LogP contribution in [-0.2, 0) is 16.0 Å². The van der Waals surface area contributed by atoms with Crippen LogP contribution in [0.1, 0.15) is 76.5 Å². The predicted molar refractivity (Wildman–Crippen MR) is 154 cm³/mol. The topological polar surface area (TPSA) is 122 Å². The molecule has 7 nitrogen and oxygen atoms in total. The van der Waals surface area contributed by atoms with E-state index >= 15 is 0 Å². The number of halogens is 1. The molecule has 38 heavy (non-hydrogen) atoms. The summed E-state index contributed by atoms with van der Waals surface area (Å²) < 4.78 is 5.55. The largest absolute Gasteiger partial charge is 0.507 e. The third kappa shape index (κ3) is 7.48. The molecule has 0 unspecified atom stereocenters. The smallest absolute Gasteiger partial charge is 0.320 e. The molecule has 0 saturated heterocycles. The number of nitrogens with two attached hydrogens (primary N) is 1.